The second kappa shape index (κ2) is 10.3. The van der Waals surface area contributed by atoms with Crippen LogP contribution in [0.4, 0.5) is 5.69 Å². The molecule has 1 atom stereocenters. The van der Waals surface area contributed by atoms with E-state index in [-0.39, 0.29) is 17.9 Å². The van der Waals surface area contributed by atoms with E-state index in [2.05, 4.69) is 10.6 Å². The van der Waals surface area contributed by atoms with Crippen molar-refractivity contribution in [3.05, 3.63) is 59.2 Å². The van der Waals surface area contributed by atoms with E-state index < -0.39 is 6.10 Å². The topological polar surface area (TPSA) is 67.4 Å². The number of para-hydroxylation sites is 1. The molecule has 3 rings (SSSR count). The fraction of sp³-hybridized carbons (Fsp3) is 0.440. The summed E-state index contributed by atoms with van der Waals surface area (Å²) in [6.07, 6.45) is 5.45. The first-order valence-electron chi connectivity index (χ1n) is 10.9. The number of hydrogen-bond donors (Lipinski definition) is 2. The number of carbonyl (C=O) groups is 2. The lowest BCUT2D eigenvalue weighted by Crippen LogP contribution is -2.37. The Morgan fingerprint density at radius 3 is 2.50 bits per heavy atom. The zero-order chi connectivity index (χ0) is 21.5. The van der Waals surface area contributed by atoms with Crippen LogP contribution in [0.15, 0.2) is 42.5 Å². The van der Waals surface area contributed by atoms with Crippen LogP contribution in [0.5, 0.6) is 5.75 Å². The quantitative estimate of drug-likeness (QED) is 0.665. The molecular weight excluding hydrogens is 376 g/mol. The summed E-state index contributed by atoms with van der Waals surface area (Å²) in [5, 5.41) is 6.03. The van der Waals surface area contributed by atoms with E-state index in [1.54, 1.807) is 12.1 Å². The van der Waals surface area contributed by atoms with Crippen LogP contribution in [-0.4, -0.2) is 24.0 Å². The molecular formula is C25H32N2O3. The van der Waals surface area contributed by atoms with E-state index in [9.17, 15) is 9.59 Å². The largest absolute Gasteiger partial charge is 0.480 e. The monoisotopic (exact) mass is 408 g/mol. The lowest BCUT2D eigenvalue weighted by Gasteiger charge is -2.24. The molecule has 1 fully saturated rings. The standard InChI is InChI=1S/C25H32N2O3/c1-4-22(30-23-16-10-11-17(2)18(23)3)25(29)27-21-15-9-8-14-20(21)24(28)26-19-12-6-5-7-13-19/h8-11,14-16,19,22H,4-7,12-13H2,1-3H3,(H,26,28)(H,27,29)/t22-/m1/s1. The fourth-order valence-electron chi connectivity index (χ4n) is 3.84. The van der Waals surface area contributed by atoms with Gasteiger partial charge in [-0.15, -0.1) is 0 Å². The van der Waals surface area contributed by atoms with Gasteiger partial charge in [0.1, 0.15) is 5.75 Å². The smallest absolute Gasteiger partial charge is 0.265 e. The molecule has 5 nitrogen and oxygen atoms in total. The molecule has 0 heterocycles. The zero-order valence-corrected chi connectivity index (χ0v) is 18.2. The van der Waals surface area contributed by atoms with Crippen molar-refractivity contribution in [1.82, 2.24) is 5.32 Å². The Balaban J connectivity index is 1.70. The minimum atomic E-state index is -0.639. The van der Waals surface area contributed by atoms with E-state index in [1.807, 2.05) is 51.1 Å². The van der Waals surface area contributed by atoms with Gasteiger partial charge in [0.25, 0.3) is 11.8 Å². The predicted octanol–water partition coefficient (Wildman–Crippen LogP) is 5.16. The number of rotatable bonds is 7. The number of amides is 2. The first-order valence-corrected chi connectivity index (χ1v) is 10.9. The van der Waals surface area contributed by atoms with Crippen molar-refractivity contribution in [3.8, 4) is 5.75 Å². The van der Waals surface area contributed by atoms with Gasteiger partial charge >= 0.3 is 0 Å². The van der Waals surface area contributed by atoms with Gasteiger partial charge in [-0.2, -0.15) is 0 Å². The van der Waals surface area contributed by atoms with E-state index in [1.165, 1.54) is 6.42 Å². The maximum Gasteiger partial charge on any atom is 0.265 e. The molecule has 0 bridgehead atoms. The average Bonchev–Trinajstić information content (AvgIpc) is 2.75. The highest BCUT2D eigenvalue weighted by Crippen LogP contribution is 2.24. The normalized spacial score (nSPS) is 15.3. The van der Waals surface area contributed by atoms with Gasteiger partial charge in [0, 0.05) is 6.04 Å². The number of ether oxygens (including phenoxy) is 1. The van der Waals surface area contributed by atoms with Crippen LogP contribution in [0.1, 0.15) is 66.9 Å². The number of hydrogen-bond acceptors (Lipinski definition) is 3. The molecule has 1 saturated carbocycles. The molecule has 2 aromatic carbocycles. The third-order valence-corrected chi connectivity index (χ3v) is 5.86. The maximum atomic E-state index is 12.9. The van der Waals surface area contributed by atoms with E-state index >= 15 is 0 Å². The Morgan fingerprint density at radius 1 is 1.03 bits per heavy atom. The Morgan fingerprint density at radius 2 is 1.77 bits per heavy atom. The summed E-state index contributed by atoms with van der Waals surface area (Å²) < 4.78 is 6.02. The summed E-state index contributed by atoms with van der Waals surface area (Å²) in [6, 6.07) is 13.2. The van der Waals surface area contributed by atoms with Crippen molar-refractivity contribution >= 4 is 17.5 Å². The number of anilines is 1. The lowest BCUT2D eigenvalue weighted by molar-refractivity contribution is -0.122. The van der Waals surface area contributed by atoms with Crippen LogP contribution in [0.2, 0.25) is 0 Å². The van der Waals surface area contributed by atoms with Crippen LogP contribution in [0.3, 0.4) is 0 Å². The number of aryl methyl sites for hydroxylation is 1. The van der Waals surface area contributed by atoms with Gasteiger partial charge in [0.2, 0.25) is 0 Å². The molecule has 2 amide bonds. The van der Waals surface area contributed by atoms with Gasteiger partial charge in [-0.3, -0.25) is 9.59 Å². The van der Waals surface area contributed by atoms with Gasteiger partial charge in [-0.05, 0) is 62.4 Å². The molecule has 5 heteroatoms. The molecule has 1 aliphatic carbocycles. The van der Waals surface area contributed by atoms with Gasteiger partial charge in [0.15, 0.2) is 6.10 Å². The Labute approximate surface area is 179 Å². The summed E-state index contributed by atoms with van der Waals surface area (Å²) in [5.74, 6) is 0.318. The summed E-state index contributed by atoms with van der Waals surface area (Å²) in [7, 11) is 0. The van der Waals surface area contributed by atoms with Crippen molar-refractivity contribution in [2.24, 2.45) is 0 Å². The van der Waals surface area contributed by atoms with Gasteiger partial charge in [0.05, 0.1) is 11.3 Å². The lowest BCUT2D eigenvalue weighted by atomic mass is 9.95. The predicted molar refractivity (Wildman–Crippen MR) is 120 cm³/mol. The molecule has 30 heavy (non-hydrogen) atoms. The SMILES string of the molecule is CC[C@@H](Oc1cccc(C)c1C)C(=O)Nc1ccccc1C(=O)NC1CCCCC1. The number of carbonyl (C=O) groups excluding carboxylic acids is 2. The van der Waals surface area contributed by atoms with Crippen LogP contribution in [-0.2, 0) is 4.79 Å². The van der Waals surface area contributed by atoms with E-state index in [4.69, 9.17) is 4.74 Å². The average molecular weight is 409 g/mol. The zero-order valence-electron chi connectivity index (χ0n) is 18.2. The second-order valence-corrected chi connectivity index (χ2v) is 8.06. The van der Waals surface area contributed by atoms with Crippen LogP contribution in [0.25, 0.3) is 0 Å². The molecule has 0 unspecified atom stereocenters. The summed E-state index contributed by atoms with van der Waals surface area (Å²) in [4.78, 5) is 25.8. The Bertz CT molecular complexity index is 888. The third kappa shape index (κ3) is 5.41. The minimum absolute atomic E-state index is 0.138. The molecule has 160 valence electrons. The van der Waals surface area contributed by atoms with Crippen LogP contribution >= 0.6 is 0 Å². The molecule has 2 aromatic rings. The maximum absolute atomic E-state index is 12.9. The Hall–Kier alpha value is -2.82. The van der Waals surface area contributed by atoms with Crippen molar-refractivity contribution in [2.45, 2.75) is 71.4 Å². The highest BCUT2D eigenvalue weighted by atomic mass is 16.5. The van der Waals surface area contributed by atoms with E-state index in [0.717, 1.165) is 36.8 Å². The molecule has 2 N–H and O–H groups in total. The number of benzene rings is 2. The van der Waals surface area contributed by atoms with Crippen molar-refractivity contribution < 1.29 is 14.3 Å². The molecule has 0 spiro atoms. The molecule has 0 aromatic heterocycles. The summed E-state index contributed by atoms with van der Waals surface area (Å²) in [5.41, 5.74) is 3.14. The molecule has 0 radical (unpaired) electrons. The first-order chi connectivity index (χ1) is 14.5. The highest BCUT2D eigenvalue weighted by molar-refractivity contribution is 6.04. The van der Waals surface area contributed by atoms with Crippen LogP contribution in [0, 0.1) is 13.8 Å². The van der Waals surface area contributed by atoms with Gasteiger partial charge < -0.3 is 15.4 Å². The van der Waals surface area contributed by atoms with Gasteiger partial charge in [-0.25, -0.2) is 0 Å². The van der Waals surface area contributed by atoms with Crippen LogP contribution < -0.4 is 15.4 Å². The van der Waals surface area contributed by atoms with Crippen molar-refractivity contribution in [2.75, 3.05) is 5.32 Å². The van der Waals surface area contributed by atoms with E-state index in [0.29, 0.717) is 23.4 Å². The second-order valence-electron chi connectivity index (χ2n) is 8.06. The van der Waals surface area contributed by atoms with Crippen molar-refractivity contribution in [3.63, 3.8) is 0 Å². The van der Waals surface area contributed by atoms with Crippen molar-refractivity contribution in [1.29, 1.82) is 0 Å². The molecule has 1 aliphatic rings. The highest BCUT2D eigenvalue weighted by Gasteiger charge is 2.23. The molecule has 0 aliphatic heterocycles. The van der Waals surface area contributed by atoms with Gasteiger partial charge in [-0.1, -0.05) is 50.5 Å². The number of nitrogens with one attached hydrogen (secondary N) is 2. The summed E-state index contributed by atoms with van der Waals surface area (Å²) >= 11 is 0. The first kappa shape index (κ1) is 21.9. The Kier molecular flexibility index (Phi) is 7.50. The summed E-state index contributed by atoms with van der Waals surface area (Å²) in [6.45, 7) is 5.92. The molecule has 0 saturated heterocycles. The minimum Gasteiger partial charge on any atom is -0.480 e. The fourth-order valence-corrected chi connectivity index (χ4v) is 3.84. The third-order valence-electron chi connectivity index (χ3n) is 5.86.